The number of nitrogens with one attached hydrogen (secondary N) is 2. The highest BCUT2D eigenvalue weighted by molar-refractivity contribution is 5.81. The number of carbonyl (C=O) groups excluding carboxylic acids is 1. The summed E-state index contributed by atoms with van der Waals surface area (Å²) in [7, 11) is 1.67. The van der Waals surface area contributed by atoms with Crippen molar-refractivity contribution in [3.63, 3.8) is 0 Å². The number of amides is 1. The number of benzene rings is 1. The number of para-hydroxylation sites is 1. The topological polar surface area (TPSA) is 75.2 Å². The lowest BCUT2D eigenvalue weighted by Crippen LogP contribution is -2.39. The van der Waals surface area contributed by atoms with Crippen molar-refractivity contribution >= 4 is 11.9 Å². The molecule has 7 nitrogen and oxygen atoms in total. The Hall–Kier alpha value is -2.44. The summed E-state index contributed by atoms with van der Waals surface area (Å²) in [6.45, 7) is 5.64. The summed E-state index contributed by atoms with van der Waals surface area (Å²) in [6.07, 6.45) is 7.61. The minimum atomic E-state index is 0.218. The van der Waals surface area contributed by atoms with Gasteiger partial charge < -0.3 is 25.0 Å². The van der Waals surface area contributed by atoms with Crippen LogP contribution in [-0.2, 0) is 11.3 Å². The van der Waals surface area contributed by atoms with Crippen molar-refractivity contribution in [1.82, 2.24) is 15.5 Å². The van der Waals surface area contributed by atoms with Crippen molar-refractivity contribution in [2.45, 2.75) is 64.5 Å². The molecular weight excluding hydrogens is 380 g/mol. The zero-order chi connectivity index (χ0) is 21.2. The molecule has 166 valence electrons. The molecule has 0 atom stereocenters. The fourth-order valence-corrected chi connectivity index (χ4v) is 4.07. The predicted octanol–water partition coefficient (Wildman–Crippen LogP) is 3.08. The van der Waals surface area contributed by atoms with Crippen LogP contribution in [0.4, 0.5) is 0 Å². The first-order valence-corrected chi connectivity index (χ1v) is 11.3. The number of aliphatic imine (C=N–C) groups is 1. The molecule has 2 fully saturated rings. The summed E-state index contributed by atoms with van der Waals surface area (Å²) in [5.74, 6) is 2.48. The van der Waals surface area contributed by atoms with Crippen LogP contribution in [0.25, 0.3) is 0 Å². The first kappa shape index (κ1) is 22.2. The van der Waals surface area contributed by atoms with Gasteiger partial charge in [-0.05, 0) is 51.5 Å². The monoisotopic (exact) mass is 416 g/mol. The van der Waals surface area contributed by atoms with Gasteiger partial charge in [-0.25, -0.2) is 4.99 Å². The summed E-state index contributed by atoms with van der Waals surface area (Å²) in [6, 6.07) is 5.95. The third-order valence-corrected chi connectivity index (χ3v) is 5.71. The average Bonchev–Trinajstić information content (AvgIpc) is 3.47. The van der Waals surface area contributed by atoms with E-state index in [9.17, 15) is 4.79 Å². The van der Waals surface area contributed by atoms with E-state index in [1.807, 2.05) is 30.0 Å². The molecule has 1 saturated heterocycles. The number of rotatable bonds is 9. The maximum absolute atomic E-state index is 12.2. The van der Waals surface area contributed by atoms with Crippen LogP contribution >= 0.6 is 0 Å². The fourth-order valence-electron chi connectivity index (χ4n) is 4.07. The SMILES string of the molecule is CCNC(=NCc1cccc(OC)c1OC1CCCC1)NCCC(=O)N1CCCC1. The standard InChI is InChI=1S/C23H36N4O3/c1-3-24-23(25-14-13-21(28)27-15-6-7-16-27)26-17-18-9-8-12-20(29-2)22(18)30-19-10-4-5-11-19/h8-9,12,19H,3-7,10-11,13-17H2,1-2H3,(H2,24,25,26). The van der Waals surface area contributed by atoms with Crippen LogP contribution < -0.4 is 20.1 Å². The molecule has 1 heterocycles. The molecule has 1 aromatic carbocycles. The Morgan fingerprint density at radius 1 is 1.17 bits per heavy atom. The van der Waals surface area contributed by atoms with Gasteiger partial charge in [0, 0.05) is 38.2 Å². The van der Waals surface area contributed by atoms with E-state index in [0.29, 0.717) is 25.5 Å². The lowest BCUT2D eigenvalue weighted by molar-refractivity contribution is -0.129. The van der Waals surface area contributed by atoms with Gasteiger partial charge in [-0.2, -0.15) is 0 Å². The zero-order valence-electron chi connectivity index (χ0n) is 18.4. The Kier molecular flexibility index (Phi) is 8.66. The molecule has 1 aromatic rings. The highest BCUT2D eigenvalue weighted by Gasteiger charge is 2.21. The Balaban J connectivity index is 1.60. The molecular formula is C23H36N4O3. The van der Waals surface area contributed by atoms with Crippen LogP contribution in [0, 0.1) is 0 Å². The number of nitrogens with zero attached hydrogens (tertiary/aromatic N) is 2. The molecule has 0 aromatic heterocycles. The summed E-state index contributed by atoms with van der Waals surface area (Å²) in [4.78, 5) is 18.9. The highest BCUT2D eigenvalue weighted by atomic mass is 16.5. The lowest BCUT2D eigenvalue weighted by Gasteiger charge is -2.19. The molecule has 2 aliphatic rings. The van der Waals surface area contributed by atoms with E-state index < -0.39 is 0 Å². The summed E-state index contributed by atoms with van der Waals surface area (Å²) >= 11 is 0. The number of guanidine groups is 1. The van der Waals surface area contributed by atoms with E-state index in [2.05, 4.69) is 10.6 Å². The molecule has 1 aliphatic carbocycles. The Labute approximate surface area is 180 Å². The van der Waals surface area contributed by atoms with Gasteiger partial charge in [0.25, 0.3) is 0 Å². The first-order valence-electron chi connectivity index (χ1n) is 11.3. The van der Waals surface area contributed by atoms with Crippen molar-refractivity contribution in [1.29, 1.82) is 0 Å². The van der Waals surface area contributed by atoms with Crippen molar-refractivity contribution < 1.29 is 14.3 Å². The lowest BCUT2D eigenvalue weighted by atomic mass is 10.1. The second-order valence-electron chi connectivity index (χ2n) is 7.93. The second kappa shape index (κ2) is 11.7. The molecule has 0 spiro atoms. The summed E-state index contributed by atoms with van der Waals surface area (Å²) < 4.78 is 11.8. The van der Waals surface area contributed by atoms with Crippen molar-refractivity contribution in [3.8, 4) is 11.5 Å². The Morgan fingerprint density at radius 2 is 1.93 bits per heavy atom. The normalized spacial score (nSPS) is 17.3. The van der Waals surface area contributed by atoms with Gasteiger partial charge in [0.15, 0.2) is 17.5 Å². The van der Waals surface area contributed by atoms with Crippen molar-refractivity contribution in [3.05, 3.63) is 23.8 Å². The van der Waals surface area contributed by atoms with Gasteiger partial charge in [0.1, 0.15) is 0 Å². The van der Waals surface area contributed by atoms with Gasteiger partial charge >= 0.3 is 0 Å². The van der Waals surface area contributed by atoms with Crippen LogP contribution in [0.1, 0.15) is 57.4 Å². The van der Waals surface area contributed by atoms with Crippen molar-refractivity contribution in [2.75, 3.05) is 33.3 Å². The van der Waals surface area contributed by atoms with Gasteiger partial charge in [0.05, 0.1) is 19.8 Å². The predicted molar refractivity (Wildman–Crippen MR) is 119 cm³/mol. The third-order valence-electron chi connectivity index (χ3n) is 5.71. The summed E-state index contributed by atoms with van der Waals surface area (Å²) in [5, 5.41) is 6.55. The van der Waals surface area contributed by atoms with Crippen LogP contribution in [0.2, 0.25) is 0 Å². The second-order valence-corrected chi connectivity index (χ2v) is 7.93. The van der Waals surface area contributed by atoms with E-state index in [1.165, 1.54) is 12.8 Å². The van der Waals surface area contributed by atoms with Crippen molar-refractivity contribution in [2.24, 2.45) is 4.99 Å². The minimum absolute atomic E-state index is 0.218. The van der Waals surface area contributed by atoms with E-state index in [0.717, 1.165) is 62.4 Å². The molecule has 2 N–H and O–H groups in total. The molecule has 1 aliphatic heterocycles. The number of likely N-dealkylation sites (tertiary alicyclic amines) is 1. The largest absolute Gasteiger partial charge is 0.493 e. The molecule has 0 radical (unpaired) electrons. The molecule has 0 unspecified atom stereocenters. The quantitative estimate of drug-likeness (QED) is 0.478. The van der Waals surface area contributed by atoms with Gasteiger partial charge in [-0.3, -0.25) is 4.79 Å². The maximum Gasteiger partial charge on any atom is 0.224 e. The fraction of sp³-hybridized carbons (Fsp3) is 0.652. The summed E-state index contributed by atoms with van der Waals surface area (Å²) in [5.41, 5.74) is 1.01. The number of methoxy groups -OCH3 is 1. The van der Waals surface area contributed by atoms with Crippen LogP contribution in [0.3, 0.4) is 0 Å². The number of hydrogen-bond donors (Lipinski definition) is 2. The van der Waals surface area contributed by atoms with E-state index >= 15 is 0 Å². The Bertz CT molecular complexity index is 710. The molecule has 3 rings (SSSR count). The maximum atomic E-state index is 12.2. The van der Waals surface area contributed by atoms with Gasteiger partial charge in [0.2, 0.25) is 5.91 Å². The Morgan fingerprint density at radius 3 is 2.63 bits per heavy atom. The molecule has 0 bridgehead atoms. The van der Waals surface area contributed by atoms with Gasteiger partial charge in [-0.15, -0.1) is 0 Å². The third kappa shape index (κ3) is 6.28. The van der Waals surface area contributed by atoms with E-state index in [-0.39, 0.29) is 12.0 Å². The average molecular weight is 417 g/mol. The number of hydrogen-bond acceptors (Lipinski definition) is 4. The molecule has 1 amide bonds. The number of carbonyl (C=O) groups is 1. The zero-order valence-corrected chi connectivity index (χ0v) is 18.4. The molecule has 7 heteroatoms. The van der Waals surface area contributed by atoms with E-state index in [1.54, 1.807) is 7.11 Å². The van der Waals surface area contributed by atoms with Crippen LogP contribution in [0.5, 0.6) is 11.5 Å². The number of ether oxygens (including phenoxy) is 2. The smallest absolute Gasteiger partial charge is 0.224 e. The van der Waals surface area contributed by atoms with E-state index in [4.69, 9.17) is 14.5 Å². The molecule has 30 heavy (non-hydrogen) atoms. The van der Waals surface area contributed by atoms with Gasteiger partial charge in [-0.1, -0.05) is 12.1 Å². The van der Waals surface area contributed by atoms with Crippen LogP contribution in [-0.4, -0.2) is 56.2 Å². The highest BCUT2D eigenvalue weighted by Crippen LogP contribution is 2.35. The minimum Gasteiger partial charge on any atom is -0.493 e. The first-order chi connectivity index (χ1) is 14.7. The van der Waals surface area contributed by atoms with Crippen LogP contribution in [0.15, 0.2) is 23.2 Å². The molecule has 1 saturated carbocycles.